The Balaban J connectivity index is 1.67. The lowest BCUT2D eigenvalue weighted by molar-refractivity contribution is 0.0625. The molecule has 0 radical (unpaired) electrons. The summed E-state index contributed by atoms with van der Waals surface area (Å²) in [7, 11) is 0. The van der Waals surface area contributed by atoms with Crippen molar-refractivity contribution in [1.29, 1.82) is 0 Å². The quantitative estimate of drug-likeness (QED) is 0.668. The Bertz CT molecular complexity index is 987. The van der Waals surface area contributed by atoms with Crippen LogP contribution < -0.4 is 0 Å². The van der Waals surface area contributed by atoms with Crippen LogP contribution in [0.4, 0.5) is 0 Å². The number of carbonyl (C=O) groups is 1. The molecule has 0 N–H and O–H groups in total. The first kappa shape index (κ1) is 19.6. The van der Waals surface area contributed by atoms with Gasteiger partial charge in [0.05, 0.1) is 22.8 Å². The molecule has 29 heavy (non-hydrogen) atoms. The first-order valence-electron chi connectivity index (χ1n) is 10.5. The fraction of sp³-hybridized carbons (Fsp3) is 0.435. The first-order valence-corrected chi connectivity index (χ1v) is 10.5. The maximum atomic E-state index is 13.5. The molecule has 0 atom stereocenters. The van der Waals surface area contributed by atoms with Crippen molar-refractivity contribution in [1.82, 2.24) is 24.6 Å². The average molecular weight is 392 g/mol. The average Bonchev–Trinajstić information content (AvgIpc) is 3.16. The highest BCUT2D eigenvalue weighted by atomic mass is 16.2. The second-order valence-electron chi connectivity index (χ2n) is 8.11. The second kappa shape index (κ2) is 8.33. The number of hydrogen-bond donors (Lipinski definition) is 0. The van der Waals surface area contributed by atoms with E-state index >= 15 is 0 Å². The molecular weight excluding hydrogens is 362 g/mol. The van der Waals surface area contributed by atoms with Crippen LogP contribution in [0.15, 0.2) is 42.6 Å². The van der Waals surface area contributed by atoms with Gasteiger partial charge in [-0.15, -0.1) is 0 Å². The third kappa shape index (κ3) is 4.03. The molecule has 0 aliphatic carbocycles. The molecule has 1 fully saturated rings. The Morgan fingerprint density at radius 1 is 1.10 bits per heavy atom. The van der Waals surface area contributed by atoms with Crippen LogP contribution in [0.5, 0.6) is 0 Å². The molecule has 1 saturated heterocycles. The lowest BCUT2D eigenvalue weighted by Crippen LogP contribution is -2.49. The highest BCUT2D eigenvalue weighted by molar-refractivity contribution is 6.06. The minimum Gasteiger partial charge on any atom is -0.336 e. The van der Waals surface area contributed by atoms with Crippen LogP contribution in [0.1, 0.15) is 31.1 Å². The molecule has 0 unspecified atom stereocenters. The third-order valence-electron chi connectivity index (χ3n) is 5.49. The summed E-state index contributed by atoms with van der Waals surface area (Å²) < 4.78 is 1.86. The van der Waals surface area contributed by atoms with Crippen molar-refractivity contribution in [3.05, 3.63) is 48.2 Å². The van der Waals surface area contributed by atoms with Crippen LogP contribution in [0.3, 0.4) is 0 Å². The zero-order chi connectivity index (χ0) is 20.4. The van der Waals surface area contributed by atoms with Crippen molar-refractivity contribution >= 4 is 16.9 Å². The summed E-state index contributed by atoms with van der Waals surface area (Å²) in [4.78, 5) is 22.7. The summed E-state index contributed by atoms with van der Waals surface area (Å²) in [6.07, 6.45) is 1.78. The normalized spacial score (nSPS) is 15.4. The number of pyridine rings is 1. The molecule has 1 aliphatic rings. The molecule has 1 aromatic carbocycles. The summed E-state index contributed by atoms with van der Waals surface area (Å²) in [6.45, 7) is 11.7. The van der Waals surface area contributed by atoms with Gasteiger partial charge >= 0.3 is 0 Å². The van der Waals surface area contributed by atoms with Crippen molar-refractivity contribution in [2.75, 3.05) is 32.7 Å². The molecule has 6 heteroatoms. The molecule has 0 spiro atoms. The zero-order valence-electron chi connectivity index (χ0n) is 17.5. The molecule has 6 nitrogen and oxygen atoms in total. The van der Waals surface area contributed by atoms with E-state index in [0.717, 1.165) is 61.6 Å². The summed E-state index contributed by atoms with van der Waals surface area (Å²) in [5.74, 6) is 0.722. The predicted octanol–water partition coefficient (Wildman–Crippen LogP) is 3.53. The molecule has 3 aromatic rings. The van der Waals surface area contributed by atoms with Crippen LogP contribution in [-0.4, -0.2) is 63.2 Å². The number of carbonyl (C=O) groups excluding carboxylic acids is 1. The van der Waals surface area contributed by atoms with E-state index in [1.54, 1.807) is 6.20 Å². The van der Waals surface area contributed by atoms with Crippen molar-refractivity contribution in [3.63, 3.8) is 0 Å². The number of aromatic nitrogens is 3. The van der Waals surface area contributed by atoms with Crippen molar-refractivity contribution in [2.45, 2.75) is 27.3 Å². The van der Waals surface area contributed by atoms with Gasteiger partial charge in [0, 0.05) is 44.8 Å². The van der Waals surface area contributed by atoms with Gasteiger partial charge in [-0.1, -0.05) is 44.2 Å². The number of nitrogens with zero attached hydrogens (tertiary/aromatic N) is 5. The highest BCUT2D eigenvalue weighted by Crippen LogP contribution is 2.26. The van der Waals surface area contributed by atoms with Gasteiger partial charge in [0.25, 0.3) is 5.91 Å². The Kier molecular flexibility index (Phi) is 5.62. The second-order valence-corrected chi connectivity index (χ2v) is 8.11. The van der Waals surface area contributed by atoms with Crippen LogP contribution in [-0.2, 0) is 6.54 Å². The topological polar surface area (TPSA) is 54.3 Å². The van der Waals surface area contributed by atoms with Crippen molar-refractivity contribution in [3.8, 4) is 11.3 Å². The zero-order valence-corrected chi connectivity index (χ0v) is 17.5. The van der Waals surface area contributed by atoms with Crippen LogP contribution in [0, 0.1) is 5.92 Å². The molecule has 0 saturated carbocycles. The van der Waals surface area contributed by atoms with E-state index in [0.29, 0.717) is 11.5 Å². The summed E-state index contributed by atoms with van der Waals surface area (Å²) in [6, 6.07) is 12.0. The third-order valence-corrected chi connectivity index (χ3v) is 5.49. The Morgan fingerprint density at radius 3 is 2.48 bits per heavy atom. The van der Waals surface area contributed by atoms with E-state index < -0.39 is 0 Å². The van der Waals surface area contributed by atoms with Gasteiger partial charge in [0.1, 0.15) is 0 Å². The minimum absolute atomic E-state index is 0.0782. The molecule has 152 valence electrons. The molecule has 3 heterocycles. The summed E-state index contributed by atoms with van der Waals surface area (Å²) >= 11 is 0. The number of benzene rings is 1. The molecule has 2 aromatic heterocycles. The molecule has 0 bridgehead atoms. The smallest absolute Gasteiger partial charge is 0.254 e. The molecule has 1 amide bonds. The van der Waals surface area contributed by atoms with Crippen LogP contribution in [0.25, 0.3) is 22.3 Å². The van der Waals surface area contributed by atoms with Gasteiger partial charge in [0.2, 0.25) is 0 Å². The number of fused-ring (bicyclic) bond motifs is 1. The van der Waals surface area contributed by atoms with Gasteiger partial charge < -0.3 is 4.90 Å². The minimum atomic E-state index is 0.0782. The number of hydrogen-bond acceptors (Lipinski definition) is 4. The first-order chi connectivity index (χ1) is 14.1. The van der Waals surface area contributed by atoms with Crippen LogP contribution >= 0.6 is 0 Å². The Morgan fingerprint density at radius 2 is 1.83 bits per heavy atom. The fourth-order valence-corrected chi connectivity index (χ4v) is 4.03. The van der Waals surface area contributed by atoms with Crippen molar-refractivity contribution < 1.29 is 4.79 Å². The SMILES string of the molecule is CCn1ncc2c(C(=O)N3CCN(CC(C)C)CC3)cc(-c3ccccc3)nc21. The van der Waals surface area contributed by atoms with E-state index in [9.17, 15) is 4.79 Å². The predicted molar refractivity (Wildman–Crippen MR) is 116 cm³/mol. The van der Waals surface area contributed by atoms with E-state index in [1.165, 1.54) is 0 Å². The van der Waals surface area contributed by atoms with Gasteiger partial charge in [0.15, 0.2) is 5.65 Å². The van der Waals surface area contributed by atoms with E-state index in [1.807, 2.05) is 52.9 Å². The Labute approximate surface area is 172 Å². The van der Waals surface area contributed by atoms with Gasteiger partial charge in [-0.25, -0.2) is 9.67 Å². The largest absolute Gasteiger partial charge is 0.336 e. The number of aryl methyl sites for hydroxylation is 1. The van der Waals surface area contributed by atoms with Crippen LogP contribution in [0.2, 0.25) is 0 Å². The van der Waals surface area contributed by atoms with Gasteiger partial charge in [-0.2, -0.15) is 5.10 Å². The van der Waals surface area contributed by atoms with E-state index in [4.69, 9.17) is 4.98 Å². The maximum absolute atomic E-state index is 13.5. The monoisotopic (exact) mass is 391 g/mol. The van der Waals surface area contributed by atoms with E-state index in [-0.39, 0.29) is 5.91 Å². The lowest BCUT2D eigenvalue weighted by Gasteiger charge is -2.35. The fourth-order valence-electron chi connectivity index (χ4n) is 4.03. The number of rotatable bonds is 5. The summed E-state index contributed by atoms with van der Waals surface area (Å²) in [5, 5.41) is 5.29. The summed E-state index contributed by atoms with van der Waals surface area (Å²) in [5.41, 5.74) is 3.30. The number of piperazine rings is 1. The van der Waals surface area contributed by atoms with Crippen molar-refractivity contribution in [2.24, 2.45) is 5.92 Å². The standard InChI is InChI=1S/C23H29N5O/c1-4-28-22-20(15-24-28)19(14-21(25-22)18-8-6-5-7-9-18)23(29)27-12-10-26(11-13-27)16-17(2)3/h5-9,14-15,17H,4,10-13,16H2,1-3H3. The molecular formula is C23H29N5O. The Hall–Kier alpha value is -2.73. The van der Waals surface area contributed by atoms with Gasteiger partial charge in [-0.05, 0) is 18.9 Å². The van der Waals surface area contributed by atoms with Gasteiger partial charge in [-0.3, -0.25) is 9.69 Å². The molecule has 4 rings (SSSR count). The number of amides is 1. The maximum Gasteiger partial charge on any atom is 0.254 e. The molecule has 1 aliphatic heterocycles. The highest BCUT2D eigenvalue weighted by Gasteiger charge is 2.25. The van der Waals surface area contributed by atoms with E-state index in [2.05, 4.69) is 23.8 Å². The lowest BCUT2D eigenvalue weighted by atomic mass is 10.1.